The predicted molar refractivity (Wildman–Crippen MR) is 89.2 cm³/mol. The van der Waals surface area contributed by atoms with Crippen LogP contribution in [0.5, 0.6) is 5.75 Å². The van der Waals surface area contributed by atoms with Crippen molar-refractivity contribution < 1.29 is 4.74 Å². The van der Waals surface area contributed by atoms with Crippen molar-refractivity contribution in [2.45, 2.75) is 38.3 Å². The van der Waals surface area contributed by atoms with Crippen LogP contribution in [0.15, 0.2) is 18.2 Å². The third-order valence-electron chi connectivity index (χ3n) is 4.26. The average Bonchev–Trinajstić information content (AvgIpc) is 2.46. The molecule has 0 aromatic heterocycles. The minimum atomic E-state index is 0.696. The van der Waals surface area contributed by atoms with Gasteiger partial charge in [0.15, 0.2) is 0 Å². The summed E-state index contributed by atoms with van der Waals surface area (Å²) >= 11 is 6.24. The van der Waals surface area contributed by atoms with Crippen molar-refractivity contribution in [1.29, 1.82) is 0 Å². The third kappa shape index (κ3) is 4.87. The van der Waals surface area contributed by atoms with Crippen LogP contribution in [0.1, 0.15) is 31.2 Å². The maximum Gasteiger partial charge on any atom is 0.137 e. The van der Waals surface area contributed by atoms with Gasteiger partial charge in [-0.05, 0) is 64.1 Å². The molecule has 0 N–H and O–H groups in total. The second kappa shape index (κ2) is 8.02. The van der Waals surface area contributed by atoms with Crippen molar-refractivity contribution in [1.82, 2.24) is 9.80 Å². The highest BCUT2D eigenvalue weighted by Gasteiger charge is 2.22. The second-order valence-corrected chi connectivity index (χ2v) is 6.59. The summed E-state index contributed by atoms with van der Waals surface area (Å²) in [6, 6.07) is 6.83. The molecule has 1 saturated heterocycles. The maximum atomic E-state index is 6.24. The maximum absolute atomic E-state index is 6.24. The molecular formula is C17H27ClN2O. The summed E-state index contributed by atoms with van der Waals surface area (Å²) in [5.41, 5.74) is 1.28. The number of methoxy groups -OCH3 is 1. The highest BCUT2D eigenvalue weighted by molar-refractivity contribution is 6.32. The van der Waals surface area contributed by atoms with Crippen molar-refractivity contribution in [2.24, 2.45) is 0 Å². The first-order valence-electron chi connectivity index (χ1n) is 7.81. The second-order valence-electron chi connectivity index (χ2n) is 6.18. The van der Waals surface area contributed by atoms with Crippen molar-refractivity contribution >= 4 is 11.6 Å². The van der Waals surface area contributed by atoms with Gasteiger partial charge in [-0.3, -0.25) is 4.90 Å². The van der Waals surface area contributed by atoms with E-state index in [0.717, 1.165) is 18.8 Å². The first-order valence-corrected chi connectivity index (χ1v) is 8.19. The smallest absolute Gasteiger partial charge is 0.137 e. The molecule has 0 bridgehead atoms. The monoisotopic (exact) mass is 310 g/mol. The van der Waals surface area contributed by atoms with E-state index >= 15 is 0 Å². The van der Waals surface area contributed by atoms with Crippen LogP contribution in [0.25, 0.3) is 0 Å². The van der Waals surface area contributed by atoms with Crippen molar-refractivity contribution in [3.05, 3.63) is 28.8 Å². The van der Waals surface area contributed by atoms with Crippen LogP contribution < -0.4 is 4.74 Å². The zero-order valence-corrected chi connectivity index (χ0v) is 14.2. The van der Waals surface area contributed by atoms with Gasteiger partial charge in [0.25, 0.3) is 0 Å². The largest absolute Gasteiger partial charge is 0.495 e. The fraction of sp³-hybridized carbons (Fsp3) is 0.647. The summed E-state index contributed by atoms with van der Waals surface area (Å²) in [7, 11) is 5.95. The highest BCUT2D eigenvalue weighted by Crippen LogP contribution is 2.27. The lowest BCUT2D eigenvalue weighted by Crippen LogP contribution is -2.40. The number of rotatable bonds is 6. The molecule has 3 nitrogen and oxygen atoms in total. The zero-order valence-electron chi connectivity index (χ0n) is 13.4. The molecule has 21 heavy (non-hydrogen) atoms. The number of likely N-dealkylation sites (tertiary alicyclic amines) is 1. The molecule has 1 unspecified atom stereocenters. The van der Waals surface area contributed by atoms with Crippen LogP contribution in [0.2, 0.25) is 5.02 Å². The molecule has 0 radical (unpaired) electrons. The molecule has 0 aliphatic carbocycles. The Bertz CT molecular complexity index is 450. The summed E-state index contributed by atoms with van der Waals surface area (Å²) in [4.78, 5) is 4.89. The van der Waals surface area contributed by atoms with Crippen molar-refractivity contribution in [3.8, 4) is 5.75 Å². The Morgan fingerprint density at radius 2 is 2.14 bits per heavy atom. The van der Waals surface area contributed by atoms with Gasteiger partial charge in [0.1, 0.15) is 5.75 Å². The van der Waals surface area contributed by atoms with Crippen LogP contribution >= 0.6 is 11.6 Å². The van der Waals surface area contributed by atoms with E-state index in [1.54, 1.807) is 7.11 Å². The van der Waals surface area contributed by atoms with Gasteiger partial charge < -0.3 is 9.64 Å². The molecule has 1 heterocycles. The Kier molecular flexibility index (Phi) is 6.34. The Morgan fingerprint density at radius 3 is 2.81 bits per heavy atom. The van der Waals surface area contributed by atoms with Gasteiger partial charge in [0, 0.05) is 12.6 Å². The molecule has 1 atom stereocenters. The van der Waals surface area contributed by atoms with E-state index in [0.29, 0.717) is 11.1 Å². The van der Waals surface area contributed by atoms with Crippen LogP contribution in [-0.4, -0.2) is 50.1 Å². The molecule has 0 spiro atoms. The minimum absolute atomic E-state index is 0.696. The Labute approximate surface area is 133 Å². The molecule has 4 heteroatoms. The first-order chi connectivity index (χ1) is 10.1. The molecular weight excluding hydrogens is 284 g/mol. The minimum Gasteiger partial charge on any atom is -0.495 e. The number of nitrogens with zero attached hydrogens (tertiary/aromatic N) is 2. The number of hydrogen-bond donors (Lipinski definition) is 0. The predicted octanol–water partition coefficient (Wildman–Crippen LogP) is 3.65. The number of benzene rings is 1. The SMILES string of the molecule is COc1ccc(CN2CCCCC2CCN(C)C)cc1Cl. The lowest BCUT2D eigenvalue weighted by molar-refractivity contribution is 0.124. The molecule has 1 aromatic rings. The molecule has 2 rings (SSSR count). The number of hydrogen-bond acceptors (Lipinski definition) is 3. The zero-order chi connectivity index (χ0) is 15.2. The van der Waals surface area contributed by atoms with Gasteiger partial charge in [-0.2, -0.15) is 0 Å². The number of piperidine rings is 1. The van der Waals surface area contributed by atoms with Crippen molar-refractivity contribution in [2.75, 3.05) is 34.3 Å². The highest BCUT2D eigenvalue weighted by atomic mass is 35.5. The normalized spacial score (nSPS) is 20.0. The van der Waals surface area contributed by atoms with E-state index in [-0.39, 0.29) is 0 Å². The summed E-state index contributed by atoms with van der Waals surface area (Å²) in [6.45, 7) is 3.34. The molecule has 0 saturated carbocycles. The lowest BCUT2D eigenvalue weighted by Gasteiger charge is -2.36. The summed E-state index contributed by atoms with van der Waals surface area (Å²) in [5.74, 6) is 0.753. The van der Waals surface area contributed by atoms with Gasteiger partial charge in [-0.15, -0.1) is 0 Å². The molecule has 0 amide bonds. The third-order valence-corrected chi connectivity index (χ3v) is 4.56. The van der Waals surface area contributed by atoms with Gasteiger partial charge >= 0.3 is 0 Å². The molecule has 118 valence electrons. The Balaban J connectivity index is 1.99. The summed E-state index contributed by atoms with van der Waals surface area (Å²) < 4.78 is 5.22. The Hall–Kier alpha value is -0.770. The topological polar surface area (TPSA) is 15.7 Å². The van der Waals surface area contributed by atoms with Crippen LogP contribution in [0.4, 0.5) is 0 Å². The fourth-order valence-corrected chi connectivity index (χ4v) is 3.33. The fourth-order valence-electron chi connectivity index (χ4n) is 3.05. The van der Waals surface area contributed by atoms with E-state index < -0.39 is 0 Å². The number of ether oxygens (including phenoxy) is 1. The van der Waals surface area contributed by atoms with Crippen LogP contribution in [-0.2, 0) is 6.54 Å². The van der Waals surface area contributed by atoms with Gasteiger partial charge in [-0.25, -0.2) is 0 Å². The van der Waals surface area contributed by atoms with Crippen molar-refractivity contribution in [3.63, 3.8) is 0 Å². The summed E-state index contributed by atoms with van der Waals surface area (Å²) in [6.07, 6.45) is 5.23. The van der Waals surface area contributed by atoms with E-state index in [1.165, 1.54) is 37.8 Å². The molecule has 1 aromatic carbocycles. The van der Waals surface area contributed by atoms with Gasteiger partial charge in [0.05, 0.1) is 12.1 Å². The molecule has 1 aliphatic rings. The molecule has 1 aliphatic heterocycles. The average molecular weight is 311 g/mol. The van der Waals surface area contributed by atoms with E-state index in [9.17, 15) is 0 Å². The van der Waals surface area contributed by atoms with Crippen LogP contribution in [0, 0.1) is 0 Å². The Morgan fingerprint density at radius 1 is 1.33 bits per heavy atom. The quantitative estimate of drug-likeness (QED) is 0.797. The van der Waals surface area contributed by atoms with E-state index in [4.69, 9.17) is 16.3 Å². The number of halogens is 1. The van der Waals surface area contributed by atoms with Gasteiger partial charge in [0.2, 0.25) is 0 Å². The standard InChI is InChI=1S/C17H27ClN2O/c1-19(2)11-9-15-6-4-5-10-20(15)13-14-7-8-17(21-3)16(18)12-14/h7-8,12,15H,4-6,9-11,13H2,1-3H3. The van der Waals surface area contributed by atoms with Crippen LogP contribution in [0.3, 0.4) is 0 Å². The summed E-state index contributed by atoms with van der Waals surface area (Å²) in [5, 5.41) is 0.705. The van der Waals surface area contributed by atoms with E-state index in [1.807, 2.05) is 12.1 Å². The molecule has 1 fully saturated rings. The van der Waals surface area contributed by atoms with E-state index in [2.05, 4.69) is 30.0 Å². The lowest BCUT2D eigenvalue weighted by atomic mass is 9.98. The first kappa shape index (κ1) is 16.6. The van der Waals surface area contributed by atoms with Gasteiger partial charge in [-0.1, -0.05) is 24.1 Å².